The van der Waals surface area contributed by atoms with Gasteiger partial charge in [-0.25, -0.2) is 4.98 Å². The van der Waals surface area contributed by atoms with Crippen LogP contribution in [-0.4, -0.2) is 41.3 Å². The quantitative estimate of drug-likeness (QED) is 0.689. The van der Waals surface area contributed by atoms with Gasteiger partial charge >= 0.3 is 0 Å². The number of carbonyl (C=O) groups is 2. The molecule has 0 saturated carbocycles. The van der Waals surface area contributed by atoms with Crippen molar-refractivity contribution in [2.24, 2.45) is 5.92 Å². The summed E-state index contributed by atoms with van der Waals surface area (Å²) in [7, 11) is 0. The Kier molecular flexibility index (Phi) is 7.50. The number of amides is 2. The molecule has 150 valence electrons. The number of benzene rings is 1. The summed E-state index contributed by atoms with van der Waals surface area (Å²) in [6.45, 7) is 6.07. The fourth-order valence-corrected chi connectivity index (χ4v) is 4.75. The number of carbonyl (C=O) groups excluding carboxylic acids is 2. The highest BCUT2D eigenvalue weighted by Gasteiger charge is 2.27. The van der Waals surface area contributed by atoms with Gasteiger partial charge in [-0.3, -0.25) is 9.59 Å². The maximum atomic E-state index is 12.8. The average Bonchev–Trinajstić information content (AvgIpc) is 3.15. The van der Waals surface area contributed by atoms with E-state index in [1.165, 1.54) is 0 Å². The van der Waals surface area contributed by atoms with Gasteiger partial charge in [0.2, 0.25) is 5.91 Å². The van der Waals surface area contributed by atoms with Crippen LogP contribution < -0.4 is 5.32 Å². The molecular formula is C21H27N3O2S2. The number of likely N-dealkylation sites (tertiary alicyclic amines) is 1. The van der Waals surface area contributed by atoms with E-state index in [0.717, 1.165) is 47.2 Å². The molecule has 1 saturated heterocycles. The largest absolute Gasteiger partial charge is 0.356 e. The third-order valence-electron chi connectivity index (χ3n) is 4.86. The van der Waals surface area contributed by atoms with Crippen LogP contribution in [0.5, 0.6) is 0 Å². The van der Waals surface area contributed by atoms with E-state index in [1.54, 1.807) is 23.1 Å². The van der Waals surface area contributed by atoms with E-state index in [2.05, 4.69) is 15.7 Å². The number of nitrogens with one attached hydrogen (secondary N) is 1. The minimum atomic E-state index is 0.0312. The third kappa shape index (κ3) is 5.58. The van der Waals surface area contributed by atoms with E-state index in [0.29, 0.717) is 18.7 Å². The minimum Gasteiger partial charge on any atom is -0.356 e. The van der Waals surface area contributed by atoms with Gasteiger partial charge in [0.1, 0.15) is 0 Å². The van der Waals surface area contributed by atoms with Crippen LogP contribution in [0.1, 0.15) is 47.2 Å². The number of aryl methyl sites for hydroxylation is 1. The molecule has 2 aromatic rings. The summed E-state index contributed by atoms with van der Waals surface area (Å²) in [5, 5.41) is 6.14. The SMILES string of the molecule is CCCNC(=O)C1CCN(C(=O)c2ccc(SCc3csc(C)n3)cc2)CC1. The fourth-order valence-electron chi connectivity index (χ4n) is 3.25. The normalized spacial score (nSPS) is 14.9. The van der Waals surface area contributed by atoms with Gasteiger partial charge in [-0.2, -0.15) is 0 Å². The van der Waals surface area contributed by atoms with E-state index in [-0.39, 0.29) is 17.7 Å². The summed E-state index contributed by atoms with van der Waals surface area (Å²) < 4.78 is 0. The lowest BCUT2D eigenvalue weighted by atomic mass is 9.95. The Labute approximate surface area is 174 Å². The lowest BCUT2D eigenvalue weighted by molar-refractivity contribution is -0.126. The fraction of sp³-hybridized carbons (Fsp3) is 0.476. The molecule has 0 unspecified atom stereocenters. The first kappa shape index (κ1) is 20.9. The molecule has 1 N–H and O–H groups in total. The molecule has 1 aliphatic rings. The van der Waals surface area contributed by atoms with E-state index in [1.807, 2.05) is 43.0 Å². The molecule has 0 spiro atoms. The highest BCUT2D eigenvalue weighted by Crippen LogP contribution is 2.25. The van der Waals surface area contributed by atoms with Gasteiger partial charge in [0.25, 0.3) is 5.91 Å². The van der Waals surface area contributed by atoms with E-state index in [9.17, 15) is 9.59 Å². The number of aromatic nitrogens is 1. The van der Waals surface area contributed by atoms with Crippen molar-refractivity contribution in [3.8, 4) is 0 Å². The van der Waals surface area contributed by atoms with Gasteiger partial charge in [0, 0.05) is 47.1 Å². The average molecular weight is 418 g/mol. The maximum Gasteiger partial charge on any atom is 0.253 e. The van der Waals surface area contributed by atoms with Gasteiger partial charge in [-0.15, -0.1) is 23.1 Å². The summed E-state index contributed by atoms with van der Waals surface area (Å²) in [6.07, 6.45) is 2.42. The van der Waals surface area contributed by atoms with Crippen LogP contribution in [0.3, 0.4) is 0 Å². The molecule has 7 heteroatoms. The van der Waals surface area contributed by atoms with Crippen molar-refractivity contribution in [3.05, 3.63) is 45.9 Å². The van der Waals surface area contributed by atoms with Crippen molar-refractivity contribution in [1.29, 1.82) is 0 Å². The molecule has 1 aromatic carbocycles. The van der Waals surface area contributed by atoms with Crippen LogP contribution in [0.15, 0.2) is 34.5 Å². The standard InChI is InChI=1S/C21H27N3O2S2/c1-3-10-22-20(25)16-8-11-24(12-9-16)21(26)17-4-6-19(7-5-17)28-14-18-13-27-15(2)23-18/h4-7,13,16H,3,8-12,14H2,1-2H3,(H,22,25). The highest BCUT2D eigenvalue weighted by molar-refractivity contribution is 7.98. The number of thiazole rings is 1. The number of hydrogen-bond donors (Lipinski definition) is 1. The molecule has 28 heavy (non-hydrogen) atoms. The predicted octanol–water partition coefficient (Wildman–Crippen LogP) is 4.12. The zero-order valence-electron chi connectivity index (χ0n) is 16.4. The van der Waals surface area contributed by atoms with Crippen LogP contribution in [0.25, 0.3) is 0 Å². The highest BCUT2D eigenvalue weighted by atomic mass is 32.2. The van der Waals surface area contributed by atoms with Crippen molar-refractivity contribution >= 4 is 34.9 Å². The summed E-state index contributed by atoms with van der Waals surface area (Å²) in [4.78, 5) is 32.3. The van der Waals surface area contributed by atoms with Crippen molar-refractivity contribution < 1.29 is 9.59 Å². The number of rotatable bonds is 7. The van der Waals surface area contributed by atoms with Gasteiger partial charge in [0.15, 0.2) is 0 Å². The van der Waals surface area contributed by atoms with Crippen molar-refractivity contribution in [2.45, 2.75) is 43.8 Å². The minimum absolute atomic E-state index is 0.0312. The Morgan fingerprint density at radius 3 is 2.57 bits per heavy atom. The first-order valence-corrected chi connectivity index (χ1v) is 11.6. The Hall–Kier alpha value is -1.86. The second kappa shape index (κ2) is 10.1. The summed E-state index contributed by atoms with van der Waals surface area (Å²) >= 11 is 3.40. The van der Waals surface area contributed by atoms with Gasteiger partial charge in [-0.05, 0) is 50.5 Å². The molecular weight excluding hydrogens is 390 g/mol. The van der Waals surface area contributed by atoms with Crippen LogP contribution in [0.2, 0.25) is 0 Å². The Morgan fingerprint density at radius 2 is 1.96 bits per heavy atom. The lowest BCUT2D eigenvalue weighted by Crippen LogP contribution is -2.43. The van der Waals surface area contributed by atoms with Crippen molar-refractivity contribution in [1.82, 2.24) is 15.2 Å². The molecule has 5 nitrogen and oxygen atoms in total. The monoisotopic (exact) mass is 417 g/mol. The van der Waals surface area contributed by atoms with Gasteiger partial charge in [-0.1, -0.05) is 6.92 Å². The van der Waals surface area contributed by atoms with E-state index in [4.69, 9.17) is 0 Å². The van der Waals surface area contributed by atoms with Crippen molar-refractivity contribution in [3.63, 3.8) is 0 Å². The Morgan fingerprint density at radius 1 is 1.25 bits per heavy atom. The number of hydrogen-bond acceptors (Lipinski definition) is 5. The predicted molar refractivity (Wildman–Crippen MR) is 115 cm³/mol. The maximum absolute atomic E-state index is 12.8. The van der Waals surface area contributed by atoms with Crippen LogP contribution in [-0.2, 0) is 10.5 Å². The molecule has 0 bridgehead atoms. The molecule has 0 radical (unpaired) electrons. The first-order valence-electron chi connectivity index (χ1n) is 9.77. The molecule has 1 fully saturated rings. The second-order valence-electron chi connectivity index (χ2n) is 7.03. The zero-order chi connectivity index (χ0) is 19.9. The molecule has 2 amide bonds. The summed E-state index contributed by atoms with van der Waals surface area (Å²) in [5.41, 5.74) is 1.81. The molecule has 0 aliphatic carbocycles. The van der Waals surface area contributed by atoms with Crippen LogP contribution in [0.4, 0.5) is 0 Å². The zero-order valence-corrected chi connectivity index (χ0v) is 18.1. The second-order valence-corrected chi connectivity index (χ2v) is 9.14. The Bertz CT molecular complexity index is 796. The number of nitrogens with zero attached hydrogens (tertiary/aromatic N) is 2. The molecule has 3 rings (SSSR count). The number of piperidine rings is 1. The van der Waals surface area contributed by atoms with Crippen LogP contribution >= 0.6 is 23.1 Å². The first-order chi connectivity index (χ1) is 13.6. The summed E-state index contributed by atoms with van der Waals surface area (Å²) in [6, 6.07) is 7.80. The third-order valence-corrected chi connectivity index (χ3v) is 6.72. The molecule has 1 aliphatic heterocycles. The van der Waals surface area contributed by atoms with Crippen LogP contribution in [0, 0.1) is 12.8 Å². The van der Waals surface area contributed by atoms with E-state index >= 15 is 0 Å². The topological polar surface area (TPSA) is 62.3 Å². The Balaban J connectivity index is 1.49. The van der Waals surface area contributed by atoms with Crippen molar-refractivity contribution in [2.75, 3.05) is 19.6 Å². The molecule has 1 aromatic heterocycles. The lowest BCUT2D eigenvalue weighted by Gasteiger charge is -2.31. The number of thioether (sulfide) groups is 1. The van der Waals surface area contributed by atoms with E-state index < -0.39 is 0 Å². The van der Waals surface area contributed by atoms with Gasteiger partial charge in [0.05, 0.1) is 10.7 Å². The molecule has 2 heterocycles. The molecule has 0 atom stereocenters. The van der Waals surface area contributed by atoms with Gasteiger partial charge < -0.3 is 10.2 Å². The summed E-state index contributed by atoms with van der Waals surface area (Å²) in [5.74, 6) is 1.05. The smallest absolute Gasteiger partial charge is 0.253 e.